The Hall–Kier alpha value is -1.39. The van der Waals surface area contributed by atoms with Gasteiger partial charge >= 0.3 is 0 Å². The van der Waals surface area contributed by atoms with Crippen LogP contribution in [0.2, 0.25) is 0 Å². The van der Waals surface area contributed by atoms with E-state index in [-0.39, 0.29) is 31.1 Å². The predicted molar refractivity (Wildman–Crippen MR) is 93.8 cm³/mol. The van der Waals surface area contributed by atoms with Crippen LogP contribution < -0.4 is 0 Å². The van der Waals surface area contributed by atoms with Gasteiger partial charge in [0.1, 0.15) is 6.61 Å². The Balaban J connectivity index is 1.52. The molecule has 1 aliphatic heterocycles. The van der Waals surface area contributed by atoms with E-state index in [9.17, 15) is 9.90 Å². The van der Waals surface area contributed by atoms with E-state index in [2.05, 4.69) is 12.1 Å². The number of likely N-dealkylation sites (tertiary alicyclic amines) is 1. The maximum atomic E-state index is 12.5. The Labute approximate surface area is 144 Å². The average molecular weight is 331 g/mol. The summed E-state index contributed by atoms with van der Waals surface area (Å²) in [6, 6.07) is 10.3. The van der Waals surface area contributed by atoms with Crippen molar-refractivity contribution in [3.05, 3.63) is 35.9 Å². The van der Waals surface area contributed by atoms with Gasteiger partial charge in [0.15, 0.2) is 0 Å². The zero-order valence-electron chi connectivity index (χ0n) is 14.4. The molecule has 1 saturated heterocycles. The van der Waals surface area contributed by atoms with Crippen molar-refractivity contribution >= 4 is 5.91 Å². The molecule has 3 rings (SSSR count). The number of hydrogen-bond acceptors (Lipinski definition) is 3. The molecular weight excluding hydrogens is 302 g/mol. The van der Waals surface area contributed by atoms with Crippen molar-refractivity contribution in [2.75, 3.05) is 26.3 Å². The number of piperidine rings is 1. The van der Waals surface area contributed by atoms with Crippen molar-refractivity contribution in [1.82, 2.24) is 4.90 Å². The molecule has 1 aromatic carbocycles. The highest BCUT2D eigenvalue weighted by molar-refractivity contribution is 5.77. The Morgan fingerprint density at radius 1 is 1.12 bits per heavy atom. The molecule has 1 saturated carbocycles. The van der Waals surface area contributed by atoms with Crippen LogP contribution in [-0.4, -0.2) is 48.3 Å². The van der Waals surface area contributed by atoms with Crippen LogP contribution >= 0.6 is 0 Å². The lowest BCUT2D eigenvalue weighted by atomic mass is 9.81. The molecule has 1 amide bonds. The van der Waals surface area contributed by atoms with Gasteiger partial charge in [-0.15, -0.1) is 0 Å². The predicted octanol–water partition coefficient (Wildman–Crippen LogP) is 2.96. The van der Waals surface area contributed by atoms with Crippen LogP contribution in [0.1, 0.15) is 50.0 Å². The van der Waals surface area contributed by atoms with Crippen molar-refractivity contribution in [3.63, 3.8) is 0 Å². The van der Waals surface area contributed by atoms with Crippen molar-refractivity contribution in [2.24, 2.45) is 5.92 Å². The lowest BCUT2D eigenvalue weighted by molar-refractivity contribution is -0.141. The van der Waals surface area contributed by atoms with Crippen molar-refractivity contribution < 1.29 is 14.6 Å². The summed E-state index contributed by atoms with van der Waals surface area (Å²) in [5.74, 6) is 0.518. The molecule has 0 aromatic heterocycles. The van der Waals surface area contributed by atoms with Gasteiger partial charge in [0.05, 0.1) is 6.10 Å². The minimum absolute atomic E-state index is 0.0746. The van der Waals surface area contributed by atoms with E-state index in [1.54, 1.807) is 0 Å². The minimum atomic E-state index is 0.0746. The fraction of sp³-hybridized carbons (Fsp3) is 0.650. The molecule has 2 fully saturated rings. The van der Waals surface area contributed by atoms with Gasteiger partial charge in [0.2, 0.25) is 5.91 Å². The zero-order valence-corrected chi connectivity index (χ0v) is 14.4. The molecular formula is C20H29NO3. The first-order valence-electron chi connectivity index (χ1n) is 9.33. The molecule has 1 N–H and O–H groups in total. The standard InChI is InChI=1S/C20H29NO3/c22-14-17-13-21(12-11-19(17)16-7-3-1-4-8-16)20(23)15-24-18-9-5-2-6-10-18/h1,3-4,7-8,17-19,22H,2,5-6,9-15H2/t17-,19+/m1/s1. The van der Waals surface area contributed by atoms with Crippen LogP contribution in [0.4, 0.5) is 0 Å². The van der Waals surface area contributed by atoms with Crippen LogP contribution in [0, 0.1) is 5.92 Å². The summed E-state index contributed by atoms with van der Waals surface area (Å²) >= 11 is 0. The number of ether oxygens (including phenoxy) is 1. The van der Waals surface area contributed by atoms with E-state index < -0.39 is 0 Å². The number of hydrogen-bond donors (Lipinski definition) is 1. The number of amides is 1. The summed E-state index contributed by atoms with van der Waals surface area (Å²) in [7, 11) is 0. The third-order valence-electron chi connectivity index (χ3n) is 5.54. The maximum Gasteiger partial charge on any atom is 0.248 e. The van der Waals surface area contributed by atoms with Crippen LogP contribution in [0.15, 0.2) is 30.3 Å². The van der Waals surface area contributed by atoms with Crippen molar-refractivity contribution in [2.45, 2.75) is 50.5 Å². The van der Waals surface area contributed by atoms with E-state index in [0.29, 0.717) is 12.5 Å². The Kier molecular flexibility index (Phi) is 6.27. The van der Waals surface area contributed by atoms with Crippen LogP contribution in [0.25, 0.3) is 0 Å². The first-order chi connectivity index (χ1) is 11.8. The molecule has 1 heterocycles. The summed E-state index contributed by atoms with van der Waals surface area (Å²) in [6.07, 6.45) is 7.06. The molecule has 2 atom stereocenters. The third kappa shape index (κ3) is 4.37. The molecule has 4 nitrogen and oxygen atoms in total. The van der Waals surface area contributed by atoms with Crippen LogP contribution in [0.5, 0.6) is 0 Å². The average Bonchev–Trinajstić information content (AvgIpc) is 2.67. The molecule has 1 aliphatic carbocycles. The molecule has 0 bridgehead atoms. The molecule has 0 radical (unpaired) electrons. The summed E-state index contributed by atoms with van der Waals surface area (Å²) in [6.45, 7) is 1.69. The van der Waals surface area contributed by atoms with Gasteiger partial charge < -0.3 is 14.7 Å². The highest BCUT2D eigenvalue weighted by Crippen LogP contribution is 2.32. The van der Waals surface area contributed by atoms with Crippen LogP contribution in [0.3, 0.4) is 0 Å². The first-order valence-corrected chi connectivity index (χ1v) is 9.33. The highest BCUT2D eigenvalue weighted by Gasteiger charge is 2.32. The number of aliphatic hydroxyl groups excluding tert-OH is 1. The largest absolute Gasteiger partial charge is 0.396 e. The van der Waals surface area contributed by atoms with Crippen LogP contribution in [-0.2, 0) is 9.53 Å². The highest BCUT2D eigenvalue weighted by atomic mass is 16.5. The van der Waals surface area contributed by atoms with Gasteiger partial charge in [0, 0.05) is 25.6 Å². The third-order valence-corrected chi connectivity index (χ3v) is 5.54. The van der Waals surface area contributed by atoms with Gasteiger partial charge in [-0.3, -0.25) is 4.79 Å². The SMILES string of the molecule is O=C(COC1CCCCC1)N1CC[C@@H](c2ccccc2)[C@@H](CO)C1. The smallest absolute Gasteiger partial charge is 0.248 e. The van der Waals surface area contributed by atoms with Gasteiger partial charge in [-0.2, -0.15) is 0 Å². The Morgan fingerprint density at radius 2 is 1.88 bits per heavy atom. The van der Waals surface area contributed by atoms with E-state index >= 15 is 0 Å². The number of carbonyl (C=O) groups excluding carboxylic acids is 1. The Bertz CT molecular complexity index is 513. The second-order valence-corrected chi connectivity index (χ2v) is 7.16. The molecule has 0 unspecified atom stereocenters. The summed E-state index contributed by atoms with van der Waals surface area (Å²) in [5.41, 5.74) is 1.27. The number of aliphatic hydroxyl groups is 1. The number of carbonyl (C=O) groups is 1. The maximum absolute atomic E-state index is 12.5. The molecule has 0 spiro atoms. The topological polar surface area (TPSA) is 49.8 Å². The van der Waals surface area contributed by atoms with Gasteiger partial charge in [-0.05, 0) is 30.7 Å². The summed E-state index contributed by atoms with van der Waals surface area (Å²) in [5, 5.41) is 9.79. The van der Waals surface area contributed by atoms with Gasteiger partial charge in [0.25, 0.3) is 0 Å². The lowest BCUT2D eigenvalue weighted by Crippen LogP contribution is -2.46. The van der Waals surface area contributed by atoms with E-state index in [1.165, 1.54) is 24.8 Å². The molecule has 2 aliphatic rings. The Morgan fingerprint density at radius 3 is 2.58 bits per heavy atom. The molecule has 24 heavy (non-hydrogen) atoms. The normalized spacial score (nSPS) is 25.6. The lowest BCUT2D eigenvalue weighted by Gasteiger charge is -2.38. The zero-order chi connectivity index (χ0) is 16.8. The summed E-state index contributed by atoms with van der Waals surface area (Å²) < 4.78 is 5.82. The van der Waals surface area contributed by atoms with Gasteiger partial charge in [-0.25, -0.2) is 0 Å². The molecule has 132 valence electrons. The van der Waals surface area contributed by atoms with Gasteiger partial charge in [-0.1, -0.05) is 49.6 Å². The number of rotatable bonds is 5. The number of benzene rings is 1. The van der Waals surface area contributed by atoms with E-state index in [4.69, 9.17) is 4.74 Å². The minimum Gasteiger partial charge on any atom is -0.396 e. The van der Waals surface area contributed by atoms with E-state index in [1.807, 2.05) is 23.1 Å². The first kappa shape index (κ1) is 17.4. The van der Waals surface area contributed by atoms with Crippen molar-refractivity contribution in [3.8, 4) is 0 Å². The van der Waals surface area contributed by atoms with Crippen molar-refractivity contribution in [1.29, 1.82) is 0 Å². The van der Waals surface area contributed by atoms with E-state index in [0.717, 1.165) is 25.8 Å². The molecule has 4 heteroatoms. The second kappa shape index (κ2) is 8.63. The monoisotopic (exact) mass is 331 g/mol. The quantitative estimate of drug-likeness (QED) is 0.902. The number of nitrogens with zero attached hydrogens (tertiary/aromatic N) is 1. The fourth-order valence-corrected chi connectivity index (χ4v) is 4.10. The molecule has 1 aromatic rings. The second-order valence-electron chi connectivity index (χ2n) is 7.16. The fourth-order valence-electron chi connectivity index (χ4n) is 4.10. The summed E-state index contributed by atoms with van der Waals surface area (Å²) in [4.78, 5) is 14.3.